The Hall–Kier alpha value is -5.76. The average Bonchev–Trinajstić information content (AvgIpc) is 3.65. The first-order valence-electron chi connectivity index (χ1n) is 20.9. The first-order chi connectivity index (χ1) is 30.3. The molecule has 1 aromatic heterocycles. The second kappa shape index (κ2) is 15.5. The highest BCUT2D eigenvalue weighted by Crippen LogP contribution is 2.65. The van der Waals surface area contributed by atoms with Crippen LogP contribution in [0.15, 0.2) is 115 Å². The van der Waals surface area contributed by atoms with Gasteiger partial charge in [0.15, 0.2) is 5.82 Å². The number of allylic oxidation sites excluding steroid dienone is 2. The molecule has 4 amide bonds. The fourth-order valence-electron chi connectivity index (χ4n) is 11.2. The van der Waals surface area contributed by atoms with E-state index in [4.69, 9.17) is 23.2 Å². The van der Waals surface area contributed by atoms with Crippen molar-refractivity contribution < 1.29 is 37.5 Å². The number of nitrogens with zero attached hydrogens (tertiary/aromatic N) is 4. The van der Waals surface area contributed by atoms with E-state index in [1.54, 1.807) is 48.5 Å². The lowest BCUT2D eigenvalue weighted by Crippen LogP contribution is -2.53. The summed E-state index contributed by atoms with van der Waals surface area (Å²) in [7, 11) is 0. The maximum atomic E-state index is 15.7. The summed E-state index contributed by atoms with van der Waals surface area (Å²) in [5.74, 6) is -6.55. The molecule has 0 bridgehead atoms. The number of hydrogen-bond acceptors (Lipinski definition) is 8. The number of amides is 4. The lowest BCUT2D eigenvalue weighted by molar-refractivity contribution is -0.144. The quantitative estimate of drug-likeness (QED) is 0.123. The Bertz CT molecular complexity index is 2730. The number of phenols is 1. The number of aromatic nitrogens is 1. The standard InChI is InChI=1S/C48H40Cl2F3N5O5/c49-29-12-10-27(11-13-29)47-37(44(61)58(46(47)63)55-42-38(50)22-28(24-54-42)48(51,52)53)23-36-34(41(47)33-16-17-39(59)32-9-5-4-8-31(32)33)14-15-35-40(36)45(62)57(43(35)60)30-18-20-56(21-19-30)25-26-6-2-1-3-7-26/h1-14,16-17,22,24,30,35-37,40-41,59H,15,18-21,23,25H2,(H,54,55). The summed E-state index contributed by atoms with van der Waals surface area (Å²) < 4.78 is 40.9. The molecule has 0 spiro atoms. The van der Waals surface area contributed by atoms with E-state index in [1.165, 1.54) is 16.5 Å². The molecule has 2 N–H and O–H groups in total. The van der Waals surface area contributed by atoms with Gasteiger partial charge in [0.1, 0.15) is 5.75 Å². The molecule has 10 rings (SSSR count). The van der Waals surface area contributed by atoms with Crippen molar-refractivity contribution in [3.05, 3.63) is 147 Å². The summed E-state index contributed by atoms with van der Waals surface area (Å²) >= 11 is 12.8. The fourth-order valence-corrected chi connectivity index (χ4v) is 11.6. The molecule has 63 heavy (non-hydrogen) atoms. The summed E-state index contributed by atoms with van der Waals surface area (Å²) in [5.41, 5.74) is 2.79. The molecule has 4 fully saturated rings. The predicted octanol–water partition coefficient (Wildman–Crippen LogP) is 8.92. The number of pyridine rings is 1. The Morgan fingerprint density at radius 2 is 1.52 bits per heavy atom. The molecule has 15 heteroatoms. The molecule has 2 aliphatic carbocycles. The summed E-state index contributed by atoms with van der Waals surface area (Å²) in [6.07, 6.45) is -0.757. The first kappa shape index (κ1) is 41.3. The van der Waals surface area contributed by atoms with E-state index >= 15 is 9.59 Å². The largest absolute Gasteiger partial charge is 0.507 e. The van der Waals surface area contributed by atoms with Crippen LogP contribution in [0, 0.1) is 23.7 Å². The third-order valence-electron chi connectivity index (χ3n) is 14.0. The molecule has 6 atom stereocenters. The zero-order valence-corrected chi connectivity index (χ0v) is 35.1. The SMILES string of the molecule is O=C1C2CC3C(=CCC4C(=O)N(C5CCN(Cc6ccccc6)CC5)C(=O)C43)C(c3ccc(O)c4ccccc34)C2(c2ccc(Cl)cc2)C(=O)N1Nc1ncc(C(F)(F)F)cc1Cl. The smallest absolute Gasteiger partial charge is 0.417 e. The van der Waals surface area contributed by atoms with Gasteiger partial charge in [-0.3, -0.25) is 34.4 Å². The monoisotopic (exact) mass is 893 g/mol. The van der Waals surface area contributed by atoms with Crippen LogP contribution in [0.5, 0.6) is 5.75 Å². The molecule has 4 heterocycles. The number of rotatable bonds is 7. The number of benzene rings is 4. The molecule has 322 valence electrons. The number of hydrazine groups is 1. The van der Waals surface area contributed by atoms with Crippen LogP contribution >= 0.6 is 23.2 Å². The van der Waals surface area contributed by atoms with Crippen molar-refractivity contribution in [2.24, 2.45) is 23.7 Å². The third kappa shape index (κ3) is 6.61. The van der Waals surface area contributed by atoms with Gasteiger partial charge in [-0.25, -0.2) is 4.98 Å². The Morgan fingerprint density at radius 3 is 2.22 bits per heavy atom. The molecule has 3 aliphatic heterocycles. The number of hydrogen-bond donors (Lipinski definition) is 2. The van der Waals surface area contributed by atoms with Crippen LogP contribution < -0.4 is 5.43 Å². The van der Waals surface area contributed by atoms with E-state index in [2.05, 4.69) is 27.4 Å². The molecule has 10 nitrogen and oxygen atoms in total. The summed E-state index contributed by atoms with van der Waals surface area (Å²) in [4.78, 5) is 68.0. The summed E-state index contributed by atoms with van der Waals surface area (Å²) in [6, 6.07) is 27.5. The third-order valence-corrected chi connectivity index (χ3v) is 14.5. The van der Waals surface area contributed by atoms with Gasteiger partial charge in [-0.05, 0) is 77.9 Å². The topological polar surface area (TPSA) is 123 Å². The van der Waals surface area contributed by atoms with Crippen molar-refractivity contribution in [3.8, 4) is 5.75 Å². The normalized spacial score (nSPS) is 26.5. The minimum atomic E-state index is -4.75. The van der Waals surface area contributed by atoms with Crippen LogP contribution in [0.3, 0.4) is 0 Å². The van der Waals surface area contributed by atoms with Crippen molar-refractivity contribution in [1.82, 2.24) is 19.8 Å². The first-order valence-corrected chi connectivity index (χ1v) is 21.7. The van der Waals surface area contributed by atoms with Crippen molar-refractivity contribution in [2.75, 3.05) is 18.5 Å². The minimum Gasteiger partial charge on any atom is -0.507 e. The van der Waals surface area contributed by atoms with E-state index < -0.39 is 63.6 Å². The zero-order chi connectivity index (χ0) is 43.9. The Kier molecular flexibility index (Phi) is 10.1. The predicted molar refractivity (Wildman–Crippen MR) is 229 cm³/mol. The zero-order valence-electron chi connectivity index (χ0n) is 33.6. The maximum Gasteiger partial charge on any atom is 0.417 e. The molecule has 6 unspecified atom stereocenters. The number of halogens is 5. The van der Waals surface area contributed by atoms with E-state index in [0.29, 0.717) is 70.7 Å². The van der Waals surface area contributed by atoms with Crippen molar-refractivity contribution >= 4 is 63.4 Å². The van der Waals surface area contributed by atoms with Crippen molar-refractivity contribution in [1.29, 1.82) is 0 Å². The van der Waals surface area contributed by atoms with Crippen LogP contribution in [-0.4, -0.2) is 67.7 Å². The van der Waals surface area contributed by atoms with Gasteiger partial charge in [0, 0.05) is 48.2 Å². The highest BCUT2D eigenvalue weighted by Gasteiger charge is 2.70. The van der Waals surface area contributed by atoms with Gasteiger partial charge >= 0.3 is 6.18 Å². The van der Waals surface area contributed by atoms with Gasteiger partial charge in [0.25, 0.3) is 11.8 Å². The van der Waals surface area contributed by atoms with E-state index in [-0.39, 0.29) is 42.3 Å². The molecule has 5 aromatic rings. The number of carbonyl (C=O) groups is 4. The number of phenolic OH excluding ortho intramolecular Hbond substituents is 1. The number of alkyl halides is 3. The van der Waals surface area contributed by atoms with E-state index in [9.17, 15) is 27.9 Å². The summed E-state index contributed by atoms with van der Waals surface area (Å²) in [6.45, 7) is 2.18. The molecule has 0 radical (unpaired) electrons. The van der Waals surface area contributed by atoms with Gasteiger partial charge < -0.3 is 5.11 Å². The number of fused-ring (bicyclic) bond motifs is 5. The molecule has 4 aromatic carbocycles. The van der Waals surface area contributed by atoms with Crippen molar-refractivity contribution in [3.63, 3.8) is 0 Å². The van der Waals surface area contributed by atoms with Crippen LogP contribution in [0.1, 0.15) is 53.9 Å². The van der Waals surface area contributed by atoms with E-state index in [1.807, 2.05) is 30.3 Å². The number of likely N-dealkylation sites (tertiary alicyclic amines) is 2. The second-order valence-electron chi connectivity index (χ2n) is 17.2. The van der Waals surface area contributed by atoms with Crippen LogP contribution in [-0.2, 0) is 37.3 Å². The summed E-state index contributed by atoms with van der Waals surface area (Å²) in [5, 5.41) is 12.9. The lowest BCUT2D eigenvalue weighted by Gasteiger charge is -2.51. The Labute approximate surface area is 370 Å². The van der Waals surface area contributed by atoms with Crippen molar-refractivity contribution in [2.45, 2.75) is 55.8 Å². The second-order valence-corrected chi connectivity index (χ2v) is 18.0. The number of carbonyl (C=O) groups excluding carboxylic acids is 4. The molecule has 1 saturated carbocycles. The number of piperidine rings is 1. The highest BCUT2D eigenvalue weighted by atomic mass is 35.5. The minimum absolute atomic E-state index is 0.00125. The van der Waals surface area contributed by atoms with Crippen LogP contribution in [0.4, 0.5) is 19.0 Å². The van der Waals surface area contributed by atoms with Crippen LogP contribution in [0.25, 0.3) is 10.8 Å². The average molecular weight is 895 g/mol. The number of imide groups is 2. The highest BCUT2D eigenvalue weighted by molar-refractivity contribution is 6.33. The number of anilines is 1. The van der Waals surface area contributed by atoms with Gasteiger partial charge in [0.05, 0.1) is 33.8 Å². The lowest BCUT2D eigenvalue weighted by atomic mass is 9.49. The number of nitrogens with one attached hydrogen (secondary N) is 1. The van der Waals surface area contributed by atoms with Gasteiger partial charge in [-0.15, -0.1) is 0 Å². The maximum absolute atomic E-state index is 15.7. The van der Waals surface area contributed by atoms with Gasteiger partial charge in [-0.1, -0.05) is 108 Å². The molecular weight excluding hydrogens is 854 g/mol. The Morgan fingerprint density at radius 1 is 0.825 bits per heavy atom. The van der Waals surface area contributed by atoms with Crippen LogP contribution in [0.2, 0.25) is 10.0 Å². The Balaban J connectivity index is 1.08. The van der Waals surface area contributed by atoms with Gasteiger partial charge in [0.2, 0.25) is 11.8 Å². The molecule has 3 saturated heterocycles. The van der Waals surface area contributed by atoms with E-state index in [0.717, 1.165) is 11.6 Å². The molecule has 5 aliphatic rings. The number of aromatic hydroxyl groups is 1. The fraction of sp³-hybridized carbons (Fsp3) is 0.312. The molecular formula is C48H40Cl2F3N5O5. The van der Waals surface area contributed by atoms with Gasteiger partial charge in [-0.2, -0.15) is 18.2 Å².